The van der Waals surface area contributed by atoms with Crippen molar-refractivity contribution >= 4 is 0 Å². The van der Waals surface area contributed by atoms with Crippen molar-refractivity contribution in [3.8, 4) is 0 Å². The molecule has 0 aliphatic carbocycles. The molecule has 1 aliphatic heterocycles. The Kier molecular flexibility index (Phi) is 3.34. The molecule has 66 valence electrons. The van der Waals surface area contributed by atoms with Crippen molar-refractivity contribution in [3.63, 3.8) is 0 Å². The van der Waals surface area contributed by atoms with Gasteiger partial charge >= 0.3 is 0 Å². The van der Waals surface area contributed by atoms with Gasteiger partial charge in [-0.1, -0.05) is 13.8 Å². The average molecular weight is 157 g/mol. The van der Waals surface area contributed by atoms with Gasteiger partial charge in [0, 0.05) is 18.7 Å². The van der Waals surface area contributed by atoms with Gasteiger partial charge in [-0.2, -0.15) is 0 Å². The molecular weight excluding hydrogens is 138 g/mol. The van der Waals surface area contributed by atoms with Crippen LogP contribution in [0.1, 0.15) is 27.2 Å². The molecule has 0 aromatic rings. The summed E-state index contributed by atoms with van der Waals surface area (Å²) >= 11 is 0. The zero-order valence-corrected chi connectivity index (χ0v) is 7.76. The number of hydrogen-bond acceptors (Lipinski definition) is 2. The number of rotatable bonds is 1. The minimum absolute atomic E-state index is 0.518. The molecule has 2 unspecified atom stereocenters. The first-order valence-electron chi connectivity index (χ1n) is 4.54. The first-order valence-corrected chi connectivity index (χ1v) is 4.54. The fraction of sp³-hybridized carbons (Fsp3) is 1.00. The number of ether oxygens (including phenoxy) is 1. The maximum atomic E-state index is 5.42. The summed E-state index contributed by atoms with van der Waals surface area (Å²) in [5.41, 5.74) is 0. The van der Waals surface area contributed by atoms with Gasteiger partial charge in [0.05, 0.1) is 6.61 Å². The summed E-state index contributed by atoms with van der Waals surface area (Å²) in [5, 5.41) is 3.55. The van der Waals surface area contributed by atoms with E-state index < -0.39 is 0 Å². The predicted octanol–water partition coefficient (Wildman–Crippen LogP) is 1.41. The third kappa shape index (κ3) is 2.80. The van der Waals surface area contributed by atoms with Crippen LogP contribution in [0.5, 0.6) is 0 Å². The van der Waals surface area contributed by atoms with Crippen LogP contribution < -0.4 is 5.32 Å². The second-order valence-corrected chi connectivity index (χ2v) is 3.78. The van der Waals surface area contributed by atoms with E-state index in [1.165, 1.54) is 0 Å². The van der Waals surface area contributed by atoms with Gasteiger partial charge in [0.15, 0.2) is 0 Å². The third-order valence-corrected chi connectivity index (χ3v) is 2.24. The van der Waals surface area contributed by atoms with Gasteiger partial charge in [0.25, 0.3) is 0 Å². The molecule has 11 heavy (non-hydrogen) atoms. The molecule has 1 heterocycles. The van der Waals surface area contributed by atoms with Crippen molar-refractivity contribution in [3.05, 3.63) is 0 Å². The molecular formula is C9H19NO. The minimum Gasteiger partial charge on any atom is -0.380 e. The molecule has 1 fully saturated rings. The van der Waals surface area contributed by atoms with Crippen molar-refractivity contribution in [1.82, 2.24) is 5.32 Å². The van der Waals surface area contributed by atoms with E-state index in [1.54, 1.807) is 0 Å². The van der Waals surface area contributed by atoms with Crippen LogP contribution in [0.2, 0.25) is 0 Å². The smallest absolute Gasteiger partial charge is 0.0617 e. The van der Waals surface area contributed by atoms with E-state index in [4.69, 9.17) is 4.74 Å². The van der Waals surface area contributed by atoms with Crippen LogP contribution in [0.3, 0.4) is 0 Å². The second-order valence-electron chi connectivity index (χ2n) is 3.78. The normalized spacial score (nSPS) is 33.8. The Bertz CT molecular complexity index is 114. The van der Waals surface area contributed by atoms with Crippen LogP contribution in [0.4, 0.5) is 0 Å². The lowest BCUT2D eigenvalue weighted by Crippen LogP contribution is -2.39. The van der Waals surface area contributed by atoms with Gasteiger partial charge in [0.1, 0.15) is 0 Å². The third-order valence-electron chi connectivity index (χ3n) is 2.24. The predicted molar refractivity (Wildman–Crippen MR) is 46.7 cm³/mol. The molecule has 0 saturated carbocycles. The molecule has 0 aromatic carbocycles. The Morgan fingerprint density at radius 1 is 1.45 bits per heavy atom. The monoisotopic (exact) mass is 157 g/mol. The van der Waals surface area contributed by atoms with Crippen LogP contribution in [-0.2, 0) is 4.74 Å². The molecule has 1 rings (SSSR count). The van der Waals surface area contributed by atoms with Gasteiger partial charge < -0.3 is 10.1 Å². The van der Waals surface area contributed by atoms with E-state index in [0.29, 0.717) is 12.1 Å². The van der Waals surface area contributed by atoms with Crippen molar-refractivity contribution < 1.29 is 4.74 Å². The molecule has 2 nitrogen and oxygen atoms in total. The van der Waals surface area contributed by atoms with E-state index in [2.05, 4.69) is 26.1 Å². The molecule has 0 spiro atoms. The summed E-state index contributed by atoms with van der Waals surface area (Å²) in [6.07, 6.45) is 1.15. The fourth-order valence-electron chi connectivity index (χ4n) is 1.49. The molecule has 2 atom stereocenters. The summed E-state index contributed by atoms with van der Waals surface area (Å²) < 4.78 is 5.42. The highest BCUT2D eigenvalue weighted by Crippen LogP contribution is 2.10. The van der Waals surface area contributed by atoms with Crippen LogP contribution in [0, 0.1) is 5.92 Å². The van der Waals surface area contributed by atoms with E-state index in [0.717, 1.165) is 25.6 Å². The van der Waals surface area contributed by atoms with Gasteiger partial charge in [0.2, 0.25) is 0 Å². The Labute approximate surface area is 69.3 Å². The molecule has 0 aromatic heterocycles. The number of hydrogen-bond donors (Lipinski definition) is 1. The summed E-state index contributed by atoms with van der Waals surface area (Å²) in [6, 6.07) is 1.16. The lowest BCUT2D eigenvalue weighted by molar-refractivity contribution is 0.134. The highest BCUT2D eigenvalue weighted by atomic mass is 16.5. The maximum absolute atomic E-state index is 5.42. The summed E-state index contributed by atoms with van der Waals surface area (Å²) in [4.78, 5) is 0. The quantitative estimate of drug-likeness (QED) is 0.621. The minimum atomic E-state index is 0.518. The number of nitrogens with one attached hydrogen (secondary N) is 1. The summed E-state index contributed by atoms with van der Waals surface area (Å²) in [5.74, 6) is 0.721. The SMILES string of the molecule is CC1COCCC(C(C)C)N1. The Hall–Kier alpha value is -0.0800. The summed E-state index contributed by atoms with van der Waals surface area (Å²) in [6.45, 7) is 8.48. The van der Waals surface area contributed by atoms with Gasteiger partial charge in [-0.3, -0.25) is 0 Å². The van der Waals surface area contributed by atoms with Crippen molar-refractivity contribution in [2.24, 2.45) is 5.92 Å². The van der Waals surface area contributed by atoms with Crippen LogP contribution >= 0.6 is 0 Å². The molecule has 2 heteroatoms. The van der Waals surface area contributed by atoms with E-state index in [9.17, 15) is 0 Å². The van der Waals surface area contributed by atoms with E-state index >= 15 is 0 Å². The Balaban J connectivity index is 2.39. The van der Waals surface area contributed by atoms with E-state index in [-0.39, 0.29) is 0 Å². The maximum Gasteiger partial charge on any atom is 0.0617 e. The fourth-order valence-corrected chi connectivity index (χ4v) is 1.49. The van der Waals surface area contributed by atoms with Crippen LogP contribution in [0.15, 0.2) is 0 Å². The zero-order chi connectivity index (χ0) is 8.27. The lowest BCUT2D eigenvalue weighted by Gasteiger charge is -2.21. The van der Waals surface area contributed by atoms with Gasteiger partial charge in [-0.05, 0) is 19.3 Å². The van der Waals surface area contributed by atoms with Crippen molar-refractivity contribution in [2.75, 3.05) is 13.2 Å². The zero-order valence-electron chi connectivity index (χ0n) is 7.76. The highest BCUT2D eigenvalue weighted by Gasteiger charge is 2.18. The Morgan fingerprint density at radius 2 is 2.18 bits per heavy atom. The molecule has 0 amide bonds. The molecule has 1 saturated heterocycles. The first-order chi connectivity index (χ1) is 5.20. The van der Waals surface area contributed by atoms with Crippen molar-refractivity contribution in [1.29, 1.82) is 0 Å². The van der Waals surface area contributed by atoms with Gasteiger partial charge in [-0.15, -0.1) is 0 Å². The topological polar surface area (TPSA) is 21.3 Å². The molecule has 0 radical (unpaired) electrons. The van der Waals surface area contributed by atoms with E-state index in [1.807, 2.05) is 0 Å². The summed E-state index contributed by atoms with van der Waals surface area (Å²) in [7, 11) is 0. The Morgan fingerprint density at radius 3 is 2.82 bits per heavy atom. The highest BCUT2D eigenvalue weighted by molar-refractivity contribution is 4.76. The second kappa shape index (κ2) is 4.07. The van der Waals surface area contributed by atoms with Crippen LogP contribution in [0.25, 0.3) is 0 Å². The van der Waals surface area contributed by atoms with Crippen LogP contribution in [-0.4, -0.2) is 25.3 Å². The van der Waals surface area contributed by atoms with Crippen molar-refractivity contribution in [2.45, 2.75) is 39.3 Å². The molecule has 1 N–H and O–H groups in total. The molecule has 0 bridgehead atoms. The molecule has 1 aliphatic rings. The first kappa shape index (κ1) is 9.01. The largest absolute Gasteiger partial charge is 0.380 e. The standard InChI is InChI=1S/C9H19NO/c1-7(2)9-4-5-11-6-8(3)10-9/h7-10H,4-6H2,1-3H3. The van der Waals surface area contributed by atoms with Gasteiger partial charge in [-0.25, -0.2) is 0 Å². The average Bonchev–Trinajstić information content (AvgIpc) is 2.13. The lowest BCUT2D eigenvalue weighted by atomic mass is 10.0.